The van der Waals surface area contributed by atoms with E-state index in [2.05, 4.69) is 11.4 Å². The van der Waals surface area contributed by atoms with E-state index >= 15 is 0 Å². The van der Waals surface area contributed by atoms with Crippen LogP contribution in [0.2, 0.25) is 0 Å². The Morgan fingerprint density at radius 1 is 1.21 bits per heavy atom. The lowest BCUT2D eigenvalue weighted by Crippen LogP contribution is -2.07. The molecule has 14 heavy (non-hydrogen) atoms. The Hall–Kier alpha value is -1.57. The van der Waals surface area contributed by atoms with Crippen molar-refractivity contribution in [1.29, 1.82) is 0 Å². The first-order chi connectivity index (χ1) is 6.61. The van der Waals surface area contributed by atoms with E-state index in [1.807, 2.05) is 32.9 Å². The van der Waals surface area contributed by atoms with Gasteiger partial charge in [-0.3, -0.25) is 4.79 Å². The van der Waals surface area contributed by atoms with E-state index in [-0.39, 0.29) is 5.91 Å². The van der Waals surface area contributed by atoms with Crippen LogP contribution in [0.25, 0.3) is 0 Å². The number of amides is 1. The molecule has 0 fully saturated rings. The van der Waals surface area contributed by atoms with Gasteiger partial charge in [0.2, 0.25) is 5.91 Å². The fraction of sp³-hybridized carbons (Fsp3) is 0.250. The Balaban J connectivity index is 2.81. The van der Waals surface area contributed by atoms with Crippen LogP contribution in [0.3, 0.4) is 0 Å². The van der Waals surface area contributed by atoms with Gasteiger partial charge in [0, 0.05) is 5.69 Å². The maximum atomic E-state index is 11.2. The van der Waals surface area contributed by atoms with Crippen molar-refractivity contribution in [3.05, 3.63) is 41.5 Å². The summed E-state index contributed by atoms with van der Waals surface area (Å²) in [6, 6.07) is 5.98. The number of hydrogen-bond donors (Lipinski definition) is 1. The van der Waals surface area contributed by atoms with Gasteiger partial charge in [-0.05, 0) is 50.1 Å². The number of aryl methyl sites for hydroxylation is 2. The Kier molecular flexibility index (Phi) is 3.46. The molecule has 1 N–H and O–H groups in total. The molecule has 74 valence electrons. The molecule has 0 aliphatic carbocycles. The average molecular weight is 189 g/mol. The largest absolute Gasteiger partial charge is 0.323 e. The van der Waals surface area contributed by atoms with Gasteiger partial charge in [0.15, 0.2) is 0 Å². The molecule has 0 saturated heterocycles. The normalized spacial score (nSPS) is 10.5. The van der Waals surface area contributed by atoms with Crippen LogP contribution in [0.4, 0.5) is 5.69 Å². The Morgan fingerprint density at radius 2 is 1.79 bits per heavy atom. The van der Waals surface area contributed by atoms with Gasteiger partial charge >= 0.3 is 0 Å². The first kappa shape index (κ1) is 10.5. The third kappa shape index (κ3) is 3.05. The van der Waals surface area contributed by atoms with Crippen molar-refractivity contribution in [3.8, 4) is 0 Å². The molecule has 0 heterocycles. The van der Waals surface area contributed by atoms with Crippen LogP contribution in [-0.2, 0) is 4.79 Å². The van der Waals surface area contributed by atoms with E-state index in [9.17, 15) is 4.79 Å². The number of carbonyl (C=O) groups excluding carboxylic acids is 1. The highest BCUT2D eigenvalue weighted by molar-refractivity contribution is 5.99. The van der Waals surface area contributed by atoms with Crippen LogP contribution in [0.15, 0.2) is 30.4 Å². The molecule has 0 saturated carbocycles. The summed E-state index contributed by atoms with van der Waals surface area (Å²) in [7, 11) is 0. The molecule has 0 aliphatic heterocycles. The first-order valence-corrected chi connectivity index (χ1v) is 4.64. The van der Waals surface area contributed by atoms with E-state index in [1.54, 1.807) is 6.08 Å². The van der Waals surface area contributed by atoms with E-state index < -0.39 is 0 Å². The Bertz CT molecular complexity index is 346. The topological polar surface area (TPSA) is 29.1 Å². The molecule has 0 atom stereocenters. The van der Waals surface area contributed by atoms with E-state index in [1.165, 1.54) is 6.08 Å². The first-order valence-electron chi connectivity index (χ1n) is 4.64. The molecule has 0 aliphatic rings. The number of nitrogens with one attached hydrogen (secondary N) is 1. The molecule has 2 heteroatoms. The molecule has 2 nitrogen and oxygen atoms in total. The molecule has 0 bridgehead atoms. The van der Waals surface area contributed by atoms with Gasteiger partial charge in [0.1, 0.15) is 0 Å². The van der Waals surface area contributed by atoms with Crippen LogP contribution in [0, 0.1) is 13.8 Å². The van der Waals surface area contributed by atoms with Gasteiger partial charge in [0.25, 0.3) is 0 Å². The van der Waals surface area contributed by atoms with Gasteiger partial charge in [-0.2, -0.15) is 0 Å². The van der Waals surface area contributed by atoms with Crippen molar-refractivity contribution in [2.75, 3.05) is 5.32 Å². The monoisotopic (exact) mass is 189 g/mol. The number of rotatable bonds is 2. The number of allylic oxidation sites excluding steroid dienone is 1. The van der Waals surface area contributed by atoms with Crippen LogP contribution in [0.5, 0.6) is 0 Å². The predicted octanol–water partition coefficient (Wildman–Crippen LogP) is 2.82. The van der Waals surface area contributed by atoms with Crippen molar-refractivity contribution < 1.29 is 4.79 Å². The van der Waals surface area contributed by atoms with Crippen molar-refractivity contribution in [2.45, 2.75) is 20.8 Å². The van der Waals surface area contributed by atoms with Crippen LogP contribution >= 0.6 is 0 Å². The van der Waals surface area contributed by atoms with Crippen molar-refractivity contribution >= 4 is 11.6 Å². The number of carbonyl (C=O) groups is 1. The Morgan fingerprint density at radius 3 is 2.29 bits per heavy atom. The summed E-state index contributed by atoms with van der Waals surface area (Å²) >= 11 is 0. The minimum absolute atomic E-state index is 0.0856. The number of hydrogen-bond acceptors (Lipinski definition) is 1. The lowest BCUT2D eigenvalue weighted by molar-refractivity contribution is -0.111. The van der Waals surface area contributed by atoms with Gasteiger partial charge in [-0.15, -0.1) is 0 Å². The Labute approximate surface area is 84.6 Å². The van der Waals surface area contributed by atoms with E-state index in [0.717, 1.165) is 16.8 Å². The predicted molar refractivity (Wildman–Crippen MR) is 59.4 cm³/mol. The molecule has 0 unspecified atom stereocenters. The van der Waals surface area contributed by atoms with Crippen LogP contribution < -0.4 is 5.32 Å². The minimum Gasteiger partial charge on any atom is -0.323 e. The summed E-state index contributed by atoms with van der Waals surface area (Å²) in [4.78, 5) is 11.2. The van der Waals surface area contributed by atoms with Crippen LogP contribution in [-0.4, -0.2) is 5.91 Å². The van der Waals surface area contributed by atoms with Crippen molar-refractivity contribution in [3.63, 3.8) is 0 Å². The lowest BCUT2D eigenvalue weighted by atomic mass is 10.1. The summed E-state index contributed by atoms with van der Waals surface area (Å²) in [6.07, 6.45) is 3.23. The molecule has 1 rings (SSSR count). The zero-order chi connectivity index (χ0) is 10.6. The molecule has 0 spiro atoms. The average Bonchev–Trinajstić information content (AvgIpc) is 2.01. The quantitative estimate of drug-likeness (QED) is 0.712. The van der Waals surface area contributed by atoms with E-state index in [4.69, 9.17) is 0 Å². The smallest absolute Gasteiger partial charge is 0.248 e. The zero-order valence-electron chi connectivity index (χ0n) is 8.79. The maximum absolute atomic E-state index is 11.2. The summed E-state index contributed by atoms with van der Waals surface area (Å²) in [5.74, 6) is -0.0856. The molecular formula is C12H15NO. The molecule has 0 radical (unpaired) electrons. The third-order valence-corrected chi connectivity index (χ3v) is 1.81. The fourth-order valence-corrected chi connectivity index (χ4v) is 1.38. The van der Waals surface area contributed by atoms with Gasteiger partial charge < -0.3 is 5.32 Å². The summed E-state index contributed by atoms with van der Waals surface area (Å²) < 4.78 is 0. The zero-order valence-corrected chi connectivity index (χ0v) is 8.79. The molecular weight excluding hydrogens is 174 g/mol. The molecule has 1 amide bonds. The van der Waals surface area contributed by atoms with Gasteiger partial charge in [-0.1, -0.05) is 12.1 Å². The second-order valence-corrected chi connectivity index (χ2v) is 3.37. The van der Waals surface area contributed by atoms with Gasteiger partial charge in [-0.25, -0.2) is 0 Å². The summed E-state index contributed by atoms with van der Waals surface area (Å²) in [5, 5.41) is 2.80. The maximum Gasteiger partial charge on any atom is 0.248 e. The lowest BCUT2D eigenvalue weighted by Gasteiger charge is -2.04. The minimum atomic E-state index is -0.0856. The molecule has 1 aromatic rings. The summed E-state index contributed by atoms with van der Waals surface area (Å²) in [5.41, 5.74) is 3.16. The van der Waals surface area contributed by atoms with Crippen molar-refractivity contribution in [1.82, 2.24) is 0 Å². The van der Waals surface area contributed by atoms with Gasteiger partial charge in [0.05, 0.1) is 0 Å². The second kappa shape index (κ2) is 4.61. The highest BCUT2D eigenvalue weighted by atomic mass is 16.1. The third-order valence-electron chi connectivity index (χ3n) is 1.81. The SMILES string of the molecule is CC=CC(=O)Nc1cc(C)cc(C)c1. The summed E-state index contributed by atoms with van der Waals surface area (Å²) in [6.45, 7) is 5.84. The van der Waals surface area contributed by atoms with Crippen molar-refractivity contribution in [2.24, 2.45) is 0 Å². The van der Waals surface area contributed by atoms with E-state index in [0.29, 0.717) is 0 Å². The second-order valence-electron chi connectivity index (χ2n) is 3.37. The standard InChI is InChI=1S/C12H15NO/c1-4-5-12(14)13-11-7-9(2)6-10(3)8-11/h4-8H,1-3H3,(H,13,14). The fourth-order valence-electron chi connectivity index (χ4n) is 1.38. The highest BCUT2D eigenvalue weighted by Crippen LogP contribution is 2.13. The number of anilines is 1. The molecule has 1 aromatic carbocycles. The molecule has 0 aromatic heterocycles. The van der Waals surface area contributed by atoms with Crippen LogP contribution in [0.1, 0.15) is 18.1 Å². The highest BCUT2D eigenvalue weighted by Gasteiger charge is 1.98. The number of benzene rings is 1.